The van der Waals surface area contributed by atoms with Gasteiger partial charge in [-0.3, -0.25) is 10.2 Å². The number of hydrazine groups is 1. The van der Waals surface area contributed by atoms with Gasteiger partial charge in [0, 0.05) is 30.5 Å². The fraction of sp³-hybridized carbons (Fsp3) is 0.536. The number of ether oxygens (including phenoxy) is 1. The van der Waals surface area contributed by atoms with Crippen LogP contribution in [0.5, 0.6) is 5.75 Å². The van der Waals surface area contributed by atoms with Crippen LogP contribution in [0.15, 0.2) is 54.6 Å². The van der Waals surface area contributed by atoms with Crippen LogP contribution in [0.4, 0.5) is 0 Å². The lowest BCUT2D eigenvalue weighted by molar-refractivity contribution is -0.127. The van der Waals surface area contributed by atoms with Gasteiger partial charge in [0.1, 0.15) is 5.75 Å². The molecule has 2 heterocycles. The summed E-state index contributed by atoms with van der Waals surface area (Å²) < 4.78 is 5.81. The van der Waals surface area contributed by atoms with Gasteiger partial charge in [0.25, 0.3) is 0 Å². The highest BCUT2D eigenvalue weighted by Crippen LogP contribution is 2.41. The quantitative estimate of drug-likeness (QED) is 0.527. The largest absolute Gasteiger partial charge is 0.491 e. The molecular weight excluding hydrogens is 424 g/mol. The number of amides is 1. The number of benzene rings is 2. The third-order valence-corrected chi connectivity index (χ3v) is 7.77. The highest BCUT2D eigenvalue weighted by atomic mass is 16.5. The van der Waals surface area contributed by atoms with Crippen molar-refractivity contribution in [2.24, 2.45) is 11.8 Å². The van der Waals surface area contributed by atoms with Crippen molar-refractivity contribution in [1.82, 2.24) is 21.5 Å². The van der Waals surface area contributed by atoms with E-state index in [1.54, 1.807) is 0 Å². The van der Waals surface area contributed by atoms with Crippen LogP contribution >= 0.6 is 0 Å². The van der Waals surface area contributed by atoms with E-state index in [0.29, 0.717) is 17.9 Å². The van der Waals surface area contributed by atoms with Crippen LogP contribution < -0.4 is 26.2 Å². The first-order valence-corrected chi connectivity index (χ1v) is 12.9. The Bertz CT molecular complexity index is 949. The van der Waals surface area contributed by atoms with E-state index >= 15 is 0 Å². The van der Waals surface area contributed by atoms with Crippen LogP contribution in [-0.4, -0.2) is 37.2 Å². The zero-order valence-electron chi connectivity index (χ0n) is 20.3. The summed E-state index contributed by atoms with van der Waals surface area (Å²) in [6.07, 6.45) is 4.08. The third kappa shape index (κ3) is 5.14. The van der Waals surface area contributed by atoms with Gasteiger partial charge < -0.3 is 15.4 Å². The van der Waals surface area contributed by atoms with Crippen LogP contribution in [-0.2, 0) is 4.79 Å². The molecule has 1 amide bonds. The minimum Gasteiger partial charge on any atom is -0.491 e. The second-order valence-electron chi connectivity index (χ2n) is 10.4. The molecule has 4 unspecified atom stereocenters. The number of hydrogen-bond donors (Lipinski definition) is 4. The molecule has 6 nitrogen and oxygen atoms in total. The Morgan fingerprint density at radius 2 is 1.76 bits per heavy atom. The summed E-state index contributed by atoms with van der Waals surface area (Å²) in [5.74, 6) is 1.95. The number of piperidine rings is 1. The minimum atomic E-state index is 0.0624. The molecule has 6 atom stereocenters. The van der Waals surface area contributed by atoms with Crippen molar-refractivity contribution in [3.05, 3.63) is 65.7 Å². The van der Waals surface area contributed by atoms with Gasteiger partial charge >= 0.3 is 0 Å². The molecule has 0 radical (unpaired) electrons. The summed E-state index contributed by atoms with van der Waals surface area (Å²) in [6, 6.07) is 19.8. The number of nitrogens with one attached hydrogen (secondary N) is 4. The molecule has 0 aromatic heterocycles. The molecule has 4 N–H and O–H groups in total. The van der Waals surface area contributed by atoms with Crippen molar-refractivity contribution in [1.29, 1.82) is 0 Å². The van der Waals surface area contributed by atoms with Gasteiger partial charge in [0.15, 0.2) is 0 Å². The van der Waals surface area contributed by atoms with E-state index in [2.05, 4.69) is 76.1 Å². The molecule has 1 saturated carbocycles. The predicted octanol–water partition coefficient (Wildman–Crippen LogP) is 3.67. The van der Waals surface area contributed by atoms with Crippen molar-refractivity contribution in [3.63, 3.8) is 0 Å². The second-order valence-corrected chi connectivity index (χ2v) is 10.4. The molecule has 2 aromatic rings. The number of carbonyl (C=O) groups is 1. The average Bonchev–Trinajstić information content (AvgIpc) is 3.28. The summed E-state index contributed by atoms with van der Waals surface area (Å²) in [6.45, 7) is 5.92. The van der Waals surface area contributed by atoms with Crippen molar-refractivity contribution in [2.75, 3.05) is 13.1 Å². The topological polar surface area (TPSA) is 74.4 Å². The van der Waals surface area contributed by atoms with Gasteiger partial charge in [0.2, 0.25) is 5.91 Å². The lowest BCUT2D eigenvalue weighted by atomic mass is 9.74. The molecule has 2 aliphatic heterocycles. The molecule has 5 rings (SSSR count). The van der Waals surface area contributed by atoms with Crippen LogP contribution in [0, 0.1) is 11.8 Å². The first kappa shape index (κ1) is 23.3. The van der Waals surface area contributed by atoms with E-state index in [9.17, 15) is 4.79 Å². The Kier molecular flexibility index (Phi) is 7.18. The lowest BCUT2D eigenvalue weighted by Crippen LogP contribution is -2.52. The Morgan fingerprint density at radius 1 is 0.971 bits per heavy atom. The van der Waals surface area contributed by atoms with Gasteiger partial charge in [-0.15, -0.1) is 0 Å². The number of rotatable bonds is 6. The average molecular weight is 463 g/mol. The van der Waals surface area contributed by atoms with Crippen molar-refractivity contribution >= 4 is 5.91 Å². The van der Waals surface area contributed by atoms with Crippen molar-refractivity contribution < 1.29 is 9.53 Å². The fourth-order valence-corrected chi connectivity index (χ4v) is 6.06. The zero-order valence-corrected chi connectivity index (χ0v) is 20.3. The Balaban J connectivity index is 1.23. The molecule has 6 heteroatoms. The van der Waals surface area contributed by atoms with Crippen molar-refractivity contribution in [3.8, 4) is 5.75 Å². The number of hydrogen-bond acceptors (Lipinski definition) is 5. The number of fused-ring (bicyclic) bond motifs is 1. The normalized spacial score (nSPS) is 31.1. The molecule has 3 aliphatic rings. The SMILES string of the molecule is CC(C)Oc1ccc(C2NNC3CCC(C(=O)N[C@@H]4CNCC[C@H]4c4ccccc4)CC32)cc1. The molecular formula is C28H38N4O2. The maximum atomic E-state index is 13.4. The van der Waals surface area contributed by atoms with Crippen LogP contribution in [0.1, 0.15) is 62.6 Å². The first-order valence-electron chi connectivity index (χ1n) is 12.9. The molecule has 3 fully saturated rings. The molecule has 2 aromatic carbocycles. The summed E-state index contributed by atoms with van der Waals surface area (Å²) in [5.41, 5.74) is 9.59. The smallest absolute Gasteiger partial charge is 0.223 e. The Morgan fingerprint density at radius 3 is 2.53 bits per heavy atom. The Labute approximate surface area is 203 Å². The number of carbonyl (C=O) groups excluding carboxylic acids is 1. The standard InChI is InChI=1S/C28H38N4O2/c1-18(2)34-22-11-8-20(9-12-22)27-24-16-21(10-13-25(24)31-32-27)28(33)30-26-17-29-15-14-23(26)19-6-4-3-5-7-19/h3-9,11-12,18,21,23-27,29,31-32H,10,13-17H2,1-2H3,(H,30,33)/t21?,23-,24?,25?,26+,27?/m0/s1. The van der Waals surface area contributed by atoms with Crippen molar-refractivity contribution in [2.45, 2.75) is 69.7 Å². The predicted molar refractivity (Wildman–Crippen MR) is 134 cm³/mol. The molecule has 34 heavy (non-hydrogen) atoms. The monoisotopic (exact) mass is 462 g/mol. The van der Waals surface area contributed by atoms with Crippen LogP contribution in [0.3, 0.4) is 0 Å². The van der Waals surface area contributed by atoms with E-state index in [-0.39, 0.29) is 30.0 Å². The molecule has 0 spiro atoms. The zero-order chi connectivity index (χ0) is 23.5. The summed E-state index contributed by atoms with van der Waals surface area (Å²) >= 11 is 0. The molecule has 1 aliphatic carbocycles. The van der Waals surface area contributed by atoms with E-state index in [4.69, 9.17) is 4.74 Å². The van der Waals surface area contributed by atoms with E-state index in [1.165, 1.54) is 11.1 Å². The van der Waals surface area contributed by atoms with E-state index in [0.717, 1.165) is 44.5 Å². The van der Waals surface area contributed by atoms with Gasteiger partial charge in [0.05, 0.1) is 12.1 Å². The van der Waals surface area contributed by atoms with Gasteiger partial charge in [-0.05, 0) is 75.3 Å². The van der Waals surface area contributed by atoms with Gasteiger partial charge in [-0.2, -0.15) is 0 Å². The highest BCUT2D eigenvalue weighted by Gasteiger charge is 2.43. The second kappa shape index (κ2) is 10.5. The van der Waals surface area contributed by atoms with E-state index in [1.807, 2.05) is 13.8 Å². The summed E-state index contributed by atoms with van der Waals surface area (Å²) in [4.78, 5) is 13.4. The van der Waals surface area contributed by atoms with Gasteiger partial charge in [-0.1, -0.05) is 42.5 Å². The first-order chi connectivity index (χ1) is 16.6. The molecule has 2 saturated heterocycles. The van der Waals surface area contributed by atoms with Crippen LogP contribution in [0.2, 0.25) is 0 Å². The van der Waals surface area contributed by atoms with E-state index < -0.39 is 0 Å². The Hall–Kier alpha value is -2.41. The minimum absolute atomic E-state index is 0.0624. The maximum absolute atomic E-state index is 13.4. The van der Waals surface area contributed by atoms with Crippen LogP contribution in [0.25, 0.3) is 0 Å². The highest BCUT2D eigenvalue weighted by molar-refractivity contribution is 5.79. The van der Waals surface area contributed by atoms with Gasteiger partial charge in [-0.25, -0.2) is 5.43 Å². The fourth-order valence-electron chi connectivity index (χ4n) is 6.06. The lowest BCUT2D eigenvalue weighted by Gasteiger charge is -2.36. The molecule has 182 valence electrons. The third-order valence-electron chi connectivity index (χ3n) is 7.77. The summed E-state index contributed by atoms with van der Waals surface area (Å²) in [5, 5.41) is 6.92. The maximum Gasteiger partial charge on any atom is 0.223 e. The molecule has 0 bridgehead atoms. The summed E-state index contributed by atoms with van der Waals surface area (Å²) in [7, 11) is 0.